The highest BCUT2D eigenvalue weighted by Gasteiger charge is 2.30. The van der Waals surface area contributed by atoms with Crippen LogP contribution in [0.5, 0.6) is 0 Å². The molecule has 0 radical (unpaired) electrons. The van der Waals surface area contributed by atoms with Gasteiger partial charge in [0.25, 0.3) is 5.91 Å². The Balaban J connectivity index is 1.70. The minimum atomic E-state index is -0.645. The number of amides is 3. The molecule has 2 saturated heterocycles. The van der Waals surface area contributed by atoms with Crippen molar-refractivity contribution < 1.29 is 23.9 Å². The molecule has 7 nitrogen and oxygen atoms in total. The summed E-state index contributed by atoms with van der Waals surface area (Å²) in [4.78, 5) is 34.8. The highest BCUT2D eigenvalue weighted by Crippen LogP contribution is 2.11. The summed E-state index contributed by atoms with van der Waals surface area (Å²) in [5, 5.41) is 2.67. The van der Waals surface area contributed by atoms with Crippen molar-refractivity contribution in [2.45, 2.75) is 6.42 Å². The second-order valence-corrected chi connectivity index (χ2v) is 3.95. The van der Waals surface area contributed by atoms with Crippen LogP contribution < -0.4 is 5.32 Å². The van der Waals surface area contributed by atoms with Crippen LogP contribution in [0.2, 0.25) is 0 Å². The number of carbonyl (C=O) groups is 3. The highest BCUT2D eigenvalue weighted by molar-refractivity contribution is 5.97. The van der Waals surface area contributed by atoms with Crippen LogP contribution in [0.25, 0.3) is 0 Å². The maximum atomic E-state index is 11.6. The van der Waals surface area contributed by atoms with E-state index in [1.54, 1.807) is 0 Å². The lowest BCUT2D eigenvalue weighted by atomic mass is 10.1. The molecule has 0 aromatic carbocycles. The lowest BCUT2D eigenvalue weighted by molar-refractivity contribution is -0.127. The van der Waals surface area contributed by atoms with Gasteiger partial charge in [-0.2, -0.15) is 0 Å². The summed E-state index contributed by atoms with van der Waals surface area (Å²) in [6.45, 7) is 1.24. The summed E-state index contributed by atoms with van der Waals surface area (Å²) >= 11 is 0. The molecule has 2 aliphatic heterocycles. The Morgan fingerprint density at radius 3 is 2.88 bits per heavy atom. The second kappa shape index (κ2) is 5.13. The summed E-state index contributed by atoms with van der Waals surface area (Å²) in [6.07, 6.45) is 0.0738. The normalized spacial score (nSPS) is 24.0. The van der Waals surface area contributed by atoms with E-state index >= 15 is 0 Å². The molecular weight excluding hydrogens is 228 g/mol. The lowest BCUT2D eigenvalue weighted by Crippen LogP contribution is -2.39. The minimum Gasteiger partial charge on any atom is -0.439 e. The summed E-state index contributed by atoms with van der Waals surface area (Å²) < 4.78 is 9.63. The monoisotopic (exact) mass is 242 g/mol. The summed E-state index contributed by atoms with van der Waals surface area (Å²) in [5.74, 6) is -0.577. The van der Waals surface area contributed by atoms with Crippen molar-refractivity contribution in [1.82, 2.24) is 10.2 Å². The van der Waals surface area contributed by atoms with Gasteiger partial charge in [0, 0.05) is 19.7 Å². The van der Waals surface area contributed by atoms with Crippen molar-refractivity contribution >= 4 is 17.9 Å². The molecule has 0 saturated carbocycles. The van der Waals surface area contributed by atoms with E-state index in [4.69, 9.17) is 4.74 Å². The van der Waals surface area contributed by atoms with E-state index in [1.807, 2.05) is 0 Å². The zero-order valence-electron chi connectivity index (χ0n) is 9.31. The van der Waals surface area contributed by atoms with Crippen LogP contribution in [-0.2, 0) is 19.1 Å². The predicted octanol–water partition coefficient (Wildman–Crippen LogP) is -0.882. The molecule has 0 aromatic heterocycles. The third-order valence-corrected chi connectivity index (χ3v) is 2.78. The largest absolute Gasteiger partial charge is 0.439 e. The molecule has 0 unspecified atom stereocenters. The first kappa shape index (κ1) is 11.8. The number of rotatable bonds is 4. The molecule has 2 fully saturated rings. The van der Waals surface area contributed by atoms with Crippen molar-refractivity contribution in [1.29, 1.82) is 0 Å². The molecule has 1 N–H and O–H groups in total. The lowest BCUT2D eigenvalue weighted by Gasteiger charge is -2.13. The molecule has 94 valence electrons. The molecule has 17 heavy (non-hydrogen) atoms. The third-order valence-electron chi connectivity index (χ3n) is 2.78. The molecule has 0 spiro atoms. The van der Waals surface area contributed by atoms with Crippen LogP contribution in [0.3, 0.4) is 0 Å². The molecular formula is C10H14N2O5. The summed E-state index contributed by atoms with van der Waals surface area (Å²) in [7, 11) is 0. The van der Waals surface area contributed by atoms with E-state index in [9.17, 15) is 14.4 Å². The summed E-state index contributed by atoms with van der Waals surface area (Å²) in [6, 6.07) is 0. The van der Waals surface area contributed by atoms with E-state index in [1.165, 1.54) is 0 Å². The van der Waals surface area contributed by atoms with Crippen molar-refractivity contribution in [3.8, 4) is 0 Å². The fourth-order valence-electron chi connectivity index (χ4n) is 1.77. The summed E-state index contributed by atoms with van der Waals surface area (Å²) in [5.41, 5.74) is 0. The maximum absolute atomic E-state index is 11.6. The third kappa shape index (κ3) is 2.73. The number of nitrogens with zero attached hydrogens (tertiary/aromatic N) is 1. The van der Waals surface area contributed by atoms with Crippen molar-refractivity contribution in [3.63, 3.8) is 0 Å². The van der Waals surface area contributed by atoms with E-state index in [-0.39, 0.29) is 37.4 Å². The fraction of sp³-hybridized carbons (Fsp3) is 0.700. The molecule has 1 atom stereocenters. The first-order valence-corrected chi connectivity index (χ1v) is 5.51. The van der Waals surface area contributed by atoms with Gasteiger partial charge in [0.15, 0.2) is 6.61 Å². The molecule has 2 aliphatic rings. The van der Waals surface area contributed by atoms with E-state index in [2.05, 4.69) is 10.1 Å². The van der Waals surface area contributed by atoms with E-state index < -0.39 is 6.09 Å². The van der Waals surface area contributed by atoms with Crippen LogP contribution in [0.15, 0.2) is 0 Å². The van der Waals surface area contributed by atoms with Gasteiger partial charge in [0.2, 0.25) is 5.91 Å². The van der Waals surface area contributed by atoms with E-state index in [0.717, 1.165) is 11.3 Å². The predicted molar refractivity (Wildman–Crippen MR) is 55.0 cm³/mol. The van der Waals surface area contributed by atoms with Crippen molar-refractivity contribution in [3.05, 3.63) is 0 Å². The van der Waals surface area contributed by atoms with Gasteiger partial charge in [-0.25, -0.2) is 9.69 Å². The van der Waals surface area contributed by atoms with Crippen molar-refractivity contribution in [2.24, 2.45) is 5.92 Å². The second-order valence-electron chi connectivity index (χ2n) is 3.95. The van der Waals surface area contributed by atoms with Gasteiger partial charge in [0.1, 0.15) is 0 Å². The van der Waals surface area contributed by atoms with Gasteiger partial charge in [-0.05, 0) is 6.42 Å². The number of imide groups is 1. The first-order valence-electron chi connectivity index (χ1n) is 5.51. The standard InChI is InChI=1S/C10H14N2O5/c13-8-6-17-10(15)12(8)3-2-11-9(14)7-1-4-16-5-7/h7H,1-6H2,(H,11,14)/t7-/m1/s1. The van der Waals surface area contributed by atoms with Crippen LogP contribution in [0.4, 0.5) is 4.79 Å². The van der Waals surface area contributed by atoms with Crippen LogP contribution in [0, 0.1) is 5.92 Å². The smallest absolute Gasteiger partial charge is 0.417 e. The molecule has 0 bridgehead atoms. The zero-order valence-corrected chi connectivity index (χ0v) is 9.31. The van der Waals surface area contributed by atoms with E-state index in [0.29, 0.717) is 13.2 Å². The topological polar surface area (TPSA) is 84.9 Å². The average Bonchev–Trinajstić information content (AvgIpc) is 2.93. The van der Waals surface area contributed by atoms with Crippen LogP contribution in [0.1, 0.15) is 6.42 Å². The Kier molecular flexibility index (Phi) is 3.58. The number of hydrogen-bond donors (Lipinski definition) is 1. The van der Waals surface area contributed by atoms with Gasteiger partial charge in [-0.3, -0.25) is 9.59 Å². The van der Waals surface area contributed by atoms with Gasteiger partial charge in [-0.1, -0.05) is 0 Å². The molecule has 3 amide bonds. The van der Waals surface area contributed by atoms with Crippen LogP contribution >= 0.6 is 0 Å². The first-order chi connectivity index (χ1) is 8.18. The highest BCUT2D eigenvalue weighted by atomic mass is 16.6. The molecule has 0 aliphatic carbocycles. The van der Waals surface area contributed by atoms with Gasteiger partial charge >= 0.3 is 6.09 Å². The van der Waals surface area contributed by atoms with Gasteiger partial charge < -0.3 is 14.8 Å². The Morgan fingerprint density at radius 1 is 1.47 bits per heavy atom. The van der Waals surface area contributed by atoms with Crippen LogP contribution in [-0.4, -0.2) is 55.7 Å². The Labute approximate surface area is 98.0 Å². The molecule has 2 rings (SSSR count). The van der Waals surface area contributed by atoms with Gasteiger partial charge in [-0.15, -0.1) is 0 Å². The number of nitrogens with one attached hydrogen (secondary N) is 1. The maximum Gasteiger partial charge on any atom is 0.417 e. The molecule has 2 heterocycles. The van der Waals surface area contributed by atoms with Crippen molar-refractivity contribution in [2.75, 3.05) is 32.9 Å². The number of hydrogen-bond acceptors (Lipinski definition) is 5. The van der Waals surface area contributed by atoms with Gasteiger partial charge in [0.05, 0.1) is 12.5 Å². The average molecular weight is 242 g/mol. The molecule has 0 aromatic rings. The Morgan fingerprint density at radius 2 is 2.29 bits per heavy atom. The quantitative estimate of drug-likeness (QED) is 0.691. The molecule has 7 heteroatoms. The Hall–Kier alpha value is -1.63. The fourth-order valence-corrected chi connectivity index (χ4v) is 1.77. The minimum absolute atomic E-state index is 0.0949. The number of ether oxygens (including phenoxy) is 2. The number of cyclic esters (lactones) is 1. The zero-order chi connectivity index (χ0) is 12.3. The SMILES string of the molecule is O=C(NCCN1C(=O)COC1=O)[C@@H]1CCOC1. The Bertz CT molecular complexity index is 322. The number of carbonyl (C=O) groups excluding carboxylic acids is 3.